The quantitative estimate of drug-likeness (QED) is 0.433. The summed E-state index contributed by atoms with van der Waals surface area (Å²) in [5.74, 6) is -0.458. The number of carbonyl (C=O) groups is 1. The average molecular weight is 440 g/mol. The number of aromatic nitrogens is 2. The van der Waals surface area contributed by atoms with Crippen LogP contribution in [0.4, 0.5) is 4.39 Å². The predicted molar refractivity (Wildman–Crippen MR) is 122 cm³/mol. The Morgan fingerprint density at radius 1 is 1.13 bits per heavy atom. The molecule has 0 spiro atoms. The number of nitrogens with zero attached hydrogens (tertiary/aromatic N) is 2. The molecule has 2 aromatic carbocycles. The zero-order chi connectivity index (χ0) is 22.0. The van der Waals surface area contributed by atoms with Crippen LogP contribution in [0.5, 0.6) is 0 Å². The van der Waals surface area contributed by atoms with Crippen LogP contribution in [0.1, 0.15) is 57.2 Å². The third kappa shape index (κ3) is 4.66. The van der Waals surface area contributed by atoms with Crippen molar-refractivity contribution in [1.29, 1.82) is 0 Å². The molecule has 1 N–H and O–H groups in total. The smallest absolute Gasteiger partial charge is 0.262 e. The number of amides is 1. The maximum atomic E-state index is 13.3. The molecule has 2 atom stereocenters. The van der Waals surface area contributed by atoms with Gasteiger partial charge in [0.1, 0.15) is 5.82 Å². The molecule has 3 aromatic rings. The number of nitrogens with one attached hydrogen (secondary N) is 1. The molecule has 4 rings (SSSR count). The normalized spacial score (nSPS) is 16.4. The van der Waals surface area contributed by atoms with Crippen LogP contribution in [0.3, 0.4) is 0 Å². The Labute approximate surface area is 185 Å². The number of halogens is 1. The molecule has 0 saturated heterocycles. The summed E-state index contributed by atoms with van der Waals surface area (Å²) >= 11 is 1.31. The molecule has 1 saturated carbocycles. The van der Waals surface area contributed by atoms with Crippen LogP contribution in [-0.4, -0.2) is 20.7 Å². The van der Waals surface area contributed by atoms with E-state index in [4.69, 9.17) is 4.98 Å². The number of carbonyl (C=O) groups excluding carboxylic acids is 1. The molecule has 2 unspecified atom stereocenters. The molecule has 1 aromatic heterocycles. The monoisotopic (exact) mass is 439 g/mol. The highest BCUT2D eigenvalue weighted by Gasteiger charge is 2.26. The molecule has 0 aliphatic heterocycles. The van der Waals surface area contributed by atoms with E-state index >= 15 is 0 Å². The van der Waals surface area contributed by atoms with Gasteiger partial charge in [-0.25, -0.2) is 9.37 Å². The lowest BCUT2D eigenvalue weighted by molar-refractivity contribution is -0.120. The first kappa shape index (κ1) is 21.6. The van der Waals surface area contributed by atoms with Gasteiger partial charge in [0.2, 0.25) is 5.91 Å². The topological polar surface area (TPSA) is 64.0 Å². The van der Waals surface area contributed by atoms with Crippen LogP contribution in [0.15, 0.2) is 58.5 Å². The fourth-order valence-corrected chi connectivity index (χ4v) is 5.06. The number of benzene rings is 2. The molecule has 0 bridgehead atoms. The highest BCUT2D eigenvalue weighted by molar-refractivity contribution is 8.00. The summed E-state index contributed by atoms with van der Waals surface area (Å²) in [5, 5.41) is 3.74. The Hall–Kier alpha value is -2.67. The van der Waals surface area contributed by atoms with Crippen molar-refractivity contribution < 1.29 is 9.18 Å². The van der Waals surface area contributed by atoms with Crippen LogP contribution < -0.4 is 10.9 Å². The van der Waals surface area contributed by atoms with Gasteiger partial charge < -0.3 is 5.32 Å². The van der Waals surface area contributed by atoms with Crippen molar-refractivity contribution in [3.05, 3.63) is 70.3 Å². The van der Waals surface area contributed by atoms with Gasteiger partial charge in [-0.3, -0.25) is 14.2 Å². The molecular formula is C24H26FN3O2S. The van der Waals surface area contributed by atoms with Gasteiger partial charge in [-0.2, -0.15) is 0 Å². The Kier molecular flexibility index (Phi) is 6.41. The van der Waals surface area contributed by atoms with Crippen molar-refractivity contribution in [3.8, 4) is 0 Å². The van der Waals surface area contributed by atoms with Crippen molar-refractivity contribution in [3.63, 3.8) is 0 Å². The molecular weight excluding hydrogens is 413 g/mol. The van der Waals surface area contributed by atoms with E-state index in [-0.39, 0.29) is 29.4 Å². The van der Waals surface area contributed by atoms with Crippen LogP contribution in [0, 0.1) is 5.82 Å². The number of rotatable bonds is 6. The first-order valence-electron chi connectivity index (χ1n) is 10.7. The van der Waals surface area contributed by atoms with Gasteiger partial charge in [0.05, 0.1) is 22.2 Å². The lowest BCUT2D eigenvalue weighted by atomic mass is 10.1. The average Bonchev–Trinajstić information content (AvgIpc) is 3.28. The van der Waals surface area contributed by atoms with Crippen LogP contribution in [0.2, 0.25) is 0 Å². The second-order valence-electron chi connectivity index (χ2n) is 8.07. The van der Waals surface area contributed by atoms with E-state index in [9.17, 15) is 14.0 Å². The lowest BCUT2D eigenvalue weighted by Gasteiger charge is -2.21. The minimum atomic E-state index is -0.441. The summed E-state index contributed by atoms with van der Waals surface area (Å²) < 4.78 is 15.0. The highest BCUT2D eigenvalue weighted by atomic mass is 32.2. The van der Waals surface area contributed by atoms with Gasteiger partial charge in [0.25, 0.3) is 5.56 Å². The summed E-state index contributed by atoms with van der Waals surface area (Å²) in [7, 11) is 0. The molecule has 162 valence electrons. The van der Waals surface area contributed by atoms with E-state index in [0.717, 1.165) is 31.2 Å². The van der Waals surface area contributed by atoms with Gasteiger partial charge in [0, 0.05) is 6.04 Å². The van der Waals surface area contributed by atoms with E-state index in [1.54, 1.807) is 16.7 Å². The van der Waals surface area contributed by atoms with Crippen LogP contribution in [-0.2, 0) is 4.79 Å². The summed E-state index contributed by atoms with van der Waals surface area (Å²) in [6.45, 7) is 3.68. The Bertz CT molecular complexity index is 1140. The molecule has 7 heteroatoms. The first-order chi connectivity index (χ1) is 14.9. The number of para-hydroxylation sites is 1. The Balaban J connectivity index is 1.58. The fourth-order valence-electron chi connectivity index (χ4n) is 4.07. The molecule has 5 nitrogen and oxygen atoms in total. The van der Waals surface area contributed by atoms with Crippen molar-refractivity contribution in [2.75, 3.05) is 0 Å². The zero-order valence-electron chi connectivity index (χ0n) is 17.7. The van der Waals surface area contributed by atoms with Gasteiger partial charge in [0.15, 0.2) is 5.16 Å². The van der Waals surface area contributed by atoms with E-state index < -0.39 is 5.25 Å². The van der Waals surface area contributed by atoms with Crippen molar-refractivity contribution in [2.45, 2.75) is 62.0 Å². The van der Waals surface area contributed by atoms with Crippen LogP contribution in [0.25, 0.3) is 10.9 Å². The second kappa shape index (κ2) is 9.22. The summed E-state index contributed by atoms with van der Waals surface area (Å²) in [4.78, 5) is 30.9. The Morgan fingerprint density at radius 3 is 2.52 bits per heavy atom. The summed E-state index contributed by atoms with van der Waals surface area (Å²) in [6, 6.07) is 13.3. The molecule has 0 radical (unpaired) electrons. The van der Waals surface area contributed by atoms with E-state index in [1.165, 1.54) is 23.9 Å². The van der Waals surface area contributed by atoms with E-state index in [0.29, 0.717) is 16.1 Å². The SMILES string of the molecule is CC(Sc1nc2ccccc2c(=O)n1C1CCCC1)C(=O)NC(C)c1ccc(F)cc1. The van der Waals surface area contributed by atoms with E-state index in [1.807, 2.05) is 38.1 Å². The first-order valence-corrected chi connectivity index (χ1v) is 11.6. The van der Waals surface area contributed by atoms with Gasteiger partial charge in [-0.05, 0) is 56.5 Å². The molecule has 1 amide bonds. The van der Waals surface area contributed by atoms with Gasteiger partial charge >= 0.3 is 0 Å². The standard InChI is InChI=1S/C24H26FN3O2S/c1-15(17-11-13-18(25)14-12-17)26-22(29)16(2)31-24-27-21-10-6-5-9-20(21)23(30)28(24)19-7-3-4-8-19/h5-6,9-16,19H,3-4,7-8H2,1-2H3,(H,26,29). The minimum absolute atomic E-state index is 0.0349. The molecule has 1 fully saturated rings. The fraction of sp³-hybridized carbons (Fsp3) is 0.375. The maximum absolute atomic E-state index is 13.3. The molecule has 31 heavy (non-hydrogen) atoms. The third-order valence-corrected chi connectivity index (χ3v) is 6.91. The predicted octanol–water partition coefficient (Wildman–Crippen LogP) is 5.01. The molecule has 1 aliphatic rings. The summed E-state index contributed by atoms with van der Waals surface area (Å²) in [6.07, 6.45) is 4.10. The maximum Gasteiger partial charge on any atom is 0.262 e. The van der Waals surface area contributed by atoms with E-state index in [2.05, 4.69) is 5.32 Å². The molecule has 1 heterocycles. The largest absolute Gasteiger partial charge is 0.349 e. The number of thioether (sulfide) groups is 1. The molecule has 1 aliphatic carbocycles. The summed E-state index contributed by atoms with van der Waals surface area (Å²) in [5.41, 5.74) is 1.45. The van der Waals surface area contributed by atoms with Crippen LogP contribution >= 0.6 is 11.8 Å². The number of hydrogen-bond acceptors (Lipinski definition) is 4. The third-order valence-electron chi connectivity index (χ3n) is 5.85. The number of hydrogen-bond donors (Lipinski definition) is 1. The number of fused-ring (bicyclic) bond motifs is 1. The second-order valence-corrected chi connectivity index (χ2v) is 9.37. The van der Waals surface area contributed by atoms with Gasteiger partial charge in [-0.15, -0.1) is 0 Å². The van der Waals surface area contributed by atoms with Crippen molar-refractivity contribution >= 4 is 28.6 Å². The van der Waals surface area contributed by atoms with Crippen molar-refractivity contribution in [2.24, 2.45) is 0 Å². The Morgan fingerprint density at radius 2 is 1.81 bits per heavy atom. The highest BCUT2D eigenvalue weighted by Crippen LogP contribution is 2.33. The minimum Gasteiger partial charge on any atom is -0.349 e. The lowest BCUT2D eigenvalue weighted by Crippen LogP contribution is -2.34. The zero-order valence-corrected chi connectivity index (χ0v) is 18.5. The van der Waals surface area contributed by atoms with Crippen molar-refractivity contribution in [1.82, 2.24) is 14.9 Å². The van der Waals surface area contributed by atoms with Gasteiger partial charge in [-0.1, -0.05) is 48.9 Å².